The quantitative estimate of drug-likeness (QED) is 0.242. The Hall–Kier alpha value is -6.70. The van der Waals surface area contributed by atoms with Crippen LogP contribution in [0.3, 0.4) is 0 Å². The smallest absolute Gasteiger partial charge is 0.245 e. The monoisotopic (exact) mass is 845 g/mol. The summed E-state index contributed by atoms with van der Waals surface area (Å²) in [5.41, 5.74) is 2.59. The molecule has 0 radical (unpaired) electrons. The second kappa shape index (κ2) is 14.7. The van der Waals surface area contributed by atoms with Gasteiger partial charge in [0, 0.05) is 68.8 Å². The van der Waals surface area contributed by atoms with Gasteiger partial charge in [-0.2, -0.15) is 20.2 Å². The minimum atomic E-state index is -0.801. The average Bonchev–Trinajstić information content (AvgIpc) is 4.07. The molecule has 6 bridgehead atoms. The van der Waals surface area contributed by atoms with Crippen LogP contribution >= 0.6 is 0 Å². The number of carbonyl (C=O) groups is 1. The zero-order chi connectivity index (χ0) is 42.4. The van der Waals surface area contributed by atoms with Gasteiger partial charge in [-0.05, 0) is 63.8 Å². The summed E-state index contributed by atoms with van der Waals surface area (Å²) < 4.78 is 56.4. The Morgan fingerprint density at radius 1 is 0.903 bits per heavy atom. The van der Waals surface area contributed by atoms with Gasteiger partial charge < -0.3 is 29.3 Å². The van der Waals surface area contributed by atoms with Gasteiger partial charge >= 0.3 is 0 Å². The summed E-state index contributed by atoms with van der Waals surface area (Å²) >= 11 is 0. The maximum absolute atomic E-state index is 15.5. The third-order valence-corrected chi connectivity index (χ3v) is 12.8. The van der Waals surface area contributed by atoms with Crippen molar-refractivity contribution in [2.45, 2.75) is 82.4 Å². The highest BCUT2D eigenvalue weighted by Crippen LogP contribution is 2.46. The number of amides is 1. The lowest BCUT2D eigenvalue weighted by atomic mass is 9.77. The summed E-state index contributed by atoms with van der Waals surface area (Å²) in [7, 11) is 1.76. The number of anilines is 3. The number of piperidine rings is 1. The first-order valence-electron chi connectivity index (χ1n) is 20.8. The lowest BCUT2D eigenvalue weighted by Gasteiger charge is -2.55. The van der Waals surface area contributed by atoms with Crippen molar-refractivity contribution in [1.82, 2.24) is 58.9 Å². The van der Waals surface area contributed by atoms with E-state index in [9.17, 15) is 9.18 Å². The van der Waals surface area contributed by atoms with Gasteiger partial charge in [-0.25, -0.2) is 42.5 Å². The molecule has 3 saturated heterocycles. The van der Waals surface area contributed by atoms with Crippen LogP contribution in [-0.2, 0) is 16.1 Å². The largest absolute Gasteiger partial charge is 0.375 e. The predicted molar refractivity (Wildman–Crippen MR) is 221 cm³/mol. The molecule has 1 saturated carbocycles. The molecule has 20 heteroatoms. The molecule has 1 amide bonds. The maximum Gasteiger partial charge on any atom is 0.245 e. The fraction of sp³-hybridized carbons (Fsp3) is 0.405. The Morgan fingerprint density at radius 3 is 2.53 bits per heavy atom. The molecule has 4 fully saturated rings. The summed E-state index contributed by atoms with van der Waals surface area (Å²) in [6, 6.07) is 7.21. The number of aryl methyl sites for hydroxylation is 1. The van der Waals surface area contributed by atoms with E-state index in [4.69, 9.17) is 24.7 Å². The second-order valence-electron chi connectivity index (χ2n) is 16.6. The van der Waals surface area contributed by atoms with Crippen molar-refractivity contribution in [2.75, 3.05) is 41.9 Å². The van der Waals surface area contributed by atoms with Gasteiger partial charge in [0.05, 0.1) is 47.0 Å². The van der Waals surface area contributed by atoms with Gasteiger partial charge in [0.1, 0.15) is 47.7 Å². The van der Waals surface area contributed by atoms with E-state index >= 15 is 8.78 Å². The lowest BCUT2D eigenvalue weighted by molar-refractivity contribution is -0.133. The fourth-order valence-corrected chi connectivity index (χ4v) is 10.0. The first-order chi connectivity index (χ1) is 30.1. The van der Waals surface area contributed by atoms with E-state index < -0.39 is 29.6 Å². The number of hydrogen-bond donors (Lipinski definition) is 1. The van der Waals surface area contributed by atoms with Crippen molar-refractivity contribution in [3.8, 4) is 16.9 Å². The van der Waals surface area contributed by atoms with Crippen LogP contribution in [0.4, 0.5) is 30.9 Å². The molecule has 5 aliphatic rings. The van der Waals surface area contributed by atoms with Crippen LogP contribution in [0.1, 0.15) is 44.5 Å². The summed E-state index contributed by atoms with van der Waals surface area (Å²) in [5, 5.41) is 12.9. The number of rotatable bonds is 6. The first kappa shape index (κ1) is 38.2. The highest BCUT2D eigenvalue weighted by Gasteiger charge is 2.48. The number of imidazole rings is 1. The van der Waals surface area contributed by atoms with Crippen LogP contribution in [0.2, 0.25) is 0 Å². The molecule has 0 spiro atoms. The molecule has 62 heavy (non-hydrogen) atoms. The van der Waals surface area contributed by atoms with E-state index in [1.165, 1.54) is 35.3 Å². The van der Waals surface area contributed by atoms with E-state index in [-0.39, 0.29) is 42.3 Å². The summed E-state index contributed by atoms with van der Waals surface area (Å²) in [4.78, 5) is 49.4. The van der Waals surface area contributed by atoms with Crippen molar-refractivity contribution >= 4 is 45.7 Å². The summed E-state index contributed by atoms with van der Waals surface area (Å²) in [6.45, 7) is 5.05. The third-order valence-electron chi connectivity index (χ3n) is 12.8. The van der Waals surface area contributed by atoms with Gasteiger partial charge in [-0.3, -0.25) is 4.79 Å². The number of nitrogens with zero attached hydrogens (tertiary/aromatic N) is 14. The number of halogens is 3. The van der Waals surface area contributed by atoms with E-state index in [0.717, 1.165) is 25.3 Å². The molecule has 1 N–H and O–H groups in total. The van der Waals surface area contributed by atoms with E-state index in [1.54, 1.807) is 36.7 Å². The predicted octanol–water partition coefficient (Wildman–Crippen LogP) is 4.86. The molecule has 17 nitrogen and oxygen atoms in total. The molecule has 4 aliphatic heterocycles. The molecule has 1 aliphatic carbocycles. The second-order valence-corrected chi connectivity index (χ2v) is 16.6. The molecule has 12 rings (SSSR count). The van der Waals surface area contributed by atoms with E-state index in [1.807, 2.05) is 28.0 Å². The maximum atomic E-state index is 15.5. The normalized spacial score (nSPS) is 23.7. The minimum absolute atomic E-state index is 0.0210. The van der Waals surface area contributed by atoms with Gasteiger partial charge in [0.25, 0.3) is 0 Å². The van der Waals surface area contributed by atoms with Crippen LogP contribution in [0, 0.1) is 24.4 Å². The number of fused-ring (bicyclic) bond motifs is 8. The van der Waals surface area contributed by atoms with Crippen molar-refractivity contribution in [3.05, 3.63) is 84.7 Å². The molecule has 5 unspecified atom stereocenters. The number of ether oxygens (including phenoxy) is 1. The Balaban J connectivity index is 1.03. The number of hydrogen-bond acceptors (Lipinski definition) is 13. The van der Waals surface area contributed by atoms with Crippen LogP contribution < -0.4 is 15.1 Å². The third kappa shape index (κ3) is 6.37. The molecule has 9 heterocycles. The van der Waals surface area contributed by atoms with Crippen LogP contribution in [-0.4, -0.2) is 122 Å². The zero-order valence-corrected chi connectivity index (χ0v) is 34.1. The Labute approximate surface area is 352 Å². The van der Waals surface area contributed by atoms with Crippen molar-refractivity contribution in [1.29, 1.82) is 0 Å². The standard InChI is InChI=1S/C42H42F3N15O2/c1-4-62-29-18-55(3)40(61)36-12-25(51-41-47-8-7-33(52-41)30-9-24(44)11-34-37(30)56(19-29)22(2)50-34)17-57(36)38-31-16-48-60(35-6-5-23(43)10-32(35)45)39(31)54-42(53-38)59-27-13-26(14-28(59)15-27)58-21-46-20-49-58/h5-11,16,20-21,25-29,36H,4,12-15,17-19H2,1-3H3,(H,47,51,52). The highest BCUT2D eigenvalue weighted by molar-refractivity contribution is 5.94. The highest BCUT2D eigenvalue weighted by atomic mass is 19.1. The number of aromatic nitrogens is 11. The Kier molecular flexibility index (Phi) is 9.09. The summed E-state index contributed by atoms with van der Waals surface area (Å²) in [5.74, 6) is -0.282. The van der Waals surface area contributed by atoms with Gasteiger partial charge in [-0.1, -0.05) is 0 Å². The Bertz CT molecular complexity index is 2860. The van der Waals surface area contributed by atoms with Gasteiger partial charge in [-0.15, -0.1) is 0 Å². The van der Waals surface area contributed by atoms with Gasteiger partial charge in [0.2, 0.25) is 17.8 Å². The molecular formula is C42H42F3N15O2. The summed E-state index contributed by atoms with van der Waals surface area (Å²) in [6.07, 6.45) is 8.90. The Morgan fingerprint density at radius 2 is 1.74 bits per heavy atom. The number of benzene rings is 2. The van der Waals surface area contributed by atoms with Crippen molar-refractivity contribution in [3.63, 3.8) is 0 Å². The lowest BCUT2D eigenvalue weighted by Crippen LogP contribution is -2.62. The van der Waals surface area contributed by atoms with Crippen molar-refractivity contribution < 1.29 is 22.7 Å². The average molecular weight is 846 g/mol. The molecule has 5 aromatic heterocycles. The zero-order valence-electron chi connectivity index (χ0n) is 34.1. The fourth-order valence-electron chi connectivity index (χ4n) is 10.0. The van der Waals surface area contributed by atoms with E-state index in [2.05, 4.69) is 30.4 Å². The van der Waals surface area contributed by atoms with Crippen molar-refractivity contribution in [2.24, 2.45) is 0 Å². The molecule has 2 aromatic carbocycles. The number of likely N-dealkylation sites (N-methyl/N-ethyl adjacent to an activating group) is 1. The molecule has 7 aromatic rings. The topological polar surface area (TPSA) is 166 Å². The van der Waals surface area contributed by atoms with E-state index in [0.29, 0.717) is 83.0 Å². The number of nitrogens with one attached hydrogen (secondary N) is 1. The van der Waals surface area contributed by atoms with Crippen LogP contribution in [0.25, 0.3) is 39.0 Å². The SMILES string of the molecule is CCOC1CN(C)C(=O)C2CC(CN2c2nc(N3C4CC3CC(n3cncn3)C4)nc3c2cnn3-c2ccc(F)cc2F)Nc2nccc(n2)-c2cc(F)cc3nc(C)n(c23)C1. The van der Waals surface area contributed by atoms with Crippen LogP contribution in [0.15, 0.2) is 61.4 Å². The van der Waals surface area contributed by atoms with Crippen LogP contribution in [0.5, 0.6) is 0 Å². The molecular weight excluding hydrogens is 804 g/mol. The minimum Gasteiger partial charge on any atom is -0.375 e. The number of carbonyl (C=O) groups excluding carboxylic acids is 1. The van der Waals surface area contributed by atoms with Gasteiger partial charge in [0.15, 0.2) is 11.5 Å². The first-order valence-corrected chi connectivity index (χ1v) is 20.8. The molecule has 318 valence electrons. The molecule has 5 atom stereocenters.